The maximum atomic E-state index is 13.6. The number of carbonyl (C=O) groups excluding carboxylic acids is 2. The van der Waals surface area contributed by atoms with E-state index in [0.717, 1.165) is 10.0 Å². The summed E-state index contributed by atoms with van der Waals surface area (Å²) in [5, 5.41) is 22.1. The van der Waals surface area contributed by atoms with Crippen molar-refractivity contribution in [1.82, 2.24) is 0 Å². The molecule has 1 amide bonds. The van der Waals surface area contributed by atoms with E-state index in [1.54, 1.807) is 48.5 Å². The van der Waals surface area contributed by atoms with Crippen LogP contribution in [-0.2, 0) is 4.79 Å². The number of rotatable bonds is 4. The number of phenolic OH excluding ortho intramolecular Hbond substituents is 1. The quantitative estimate of drug-likeness (QED) is 0.333. The Labute approximate surface area is 197 Å². The summed E-state index contributed by atoms with van der Waals surface area (Å²) in [6.07, 6.45) is 0. The van der Waals surface area contributed by atoms with Gasteiger partial charge in [-0.1, -0.05) is 52.3 Å². The van der Waals surface area contributed by atoms with E-state index < -0.39 is 23.5 Å². The lowest BCUT2D eigenvalue weighted by Crippen LogP contribution is -2.31. The first-order valence-electron chi connectivity index (χ1n) is 10.2. The molecule has 5 rings (SSSR count). The molecule has 1 atom stereocenters. The SMILES string of the molecule is Cc1ccccc1C1C(C(=O)c2cc3cc(Br)ccc3o2)=C(O)C(=O)N1c1ccccc1O. The lowest BCUT2D eigenvalue weighted by molar-refractivity contribution is -0.117. The molecule has 0 radical (unpaired) electrons. The average Bonchev–Trinajstić information content (AvgIpc) is 3.33. The molecule has 6 nitrogen and oxygen atoms in total. The molecule has 1 aromatic heterocycles. The third-order valence-corrected chi connectivity index (χ3v) is 6.27. The van der Waals surface area contributed by atoms with Crippen LogP contribution in [0.1, 0.15) is 27.7 Å². The predicted octanol–water partition coefficient (Wildman–Crippen LogP) is 5.99. The Morgan fingerprint density at radius 2 is 1.73 bits per heavy atom. The molecule has 3 aromatic carbocycles. The van der Waals surface area contributed by atoms with Crippen molar-refractivity contribution in [3.63, 3.8) is 0 Å². The fourth-order valence-corrected chi connectivity index (χ4v) is 4.58. The number of aromatic hydroxyl groups is 1. The molecular weight excluding hydrogens is 486 g/mol. The van der Waals surface area contributed by atoms with Crippen molar-refractivity contribution in [1.29, 1.82) is 0 Å². The van der Waals surface area contributed by atoms with Crippen molar-refractivity contribution in [2.45, 2.75) is 13.0 Å². The molecule has 2 N–H and O–H groups in total. The first-order valence-corrected chi connectivity index (χ1v) is 11.0. The highest BCUT2D eigenvalue weighted by atomic mass is 79.9. The second-order valence-corrected chi connectivity index (χ2v) is 8.72. The standard InChI is InChI=1S/C26H18BrNO5/c1-14-6-2-3-7-17(14)23-22(24(30)21-13-15-12-16(27)10-11-20(15)33-21)25(31)26(32)28(23)18-8-4-5-9-19(18)29/h2-13,23,29,31H,1H3. The number of amides is 1. The summed E-state index contributed by atoms with van der Waals surface area (Å²) in [5.74, 6) is -2.17. The Bertz CT molecular complexity index is 1470. The topological polar surface area (TPSA) is 91.0 Å². The van der Waals surface area contributed by atoms with E-state index in [9.17, 15) is 19.8 Å². The van der Waals surface area contributed by atoms with E-state index in [0.29, 0.717) is 16.5 Å². The molecule has 164 valence electrons. The third-order valence-electron chi connectivity index (χ3n) is 5.78. The second kappa shape index (κ2) is 7.94. The van der Waals surface area contributed by atoms with Crippen molar-refractivity contribution in [2.24, 2.45) is 0 Å². The molecule has 0 saturated heterocycles. The number of hydrogen-bond donors (Lipinski definition) is 2. The molecule has 7 heteroatoms. The van der Waals surface area contributed by atoms with Crippen LogP contribution in [-0.4, -0.2) is 21.9 Å². The molecule has 1 aliphatic heterocycles. The number of para-hydroxylation sites is 2. The van der Waals surface area contributed by atoms with Crippen molar-refractivity contribution < 1.29 is 24.2 Å². The number of fused-ring (bicyclic) bond motifs is 1. The van der Waals surface area contributed by atoms with Crippen LogP contribution in [0.4, 0.5) is 5.69 Å². The van der Waals surface area contributed by atoms with E-state index in [2.05, 4.69) is 15.9 Å². The smallest absolute Gasteiger partial charge is 0.294 e. The van der Waals surface area contributed by atoms with Gasteiger partial charge >= 0.3 is 0 Å². The van der Waals surface area contributed by atoms with E-state index in [1.165, 1.54) is 11.0 Å². The monoisotopic (exact) mass is 503 g/mol. The number of halogens is 1. The van der Waals surface area contributed by atoms with Gasteiger partial charge in [0.25, 0.3) is 5.91 Å². The highest BCUT2D eigenvalue weighted by Gasteiger charge is 2.46. The Morgan fingerprint density at radius 1 is 1.00 bits per heavy atom. The van der Waals surface area contributed by atoms with Crippen LogP contribution in [0.3, 0.4) is 0 Å². The number of phenols is 1. The van der Waals surface area contributed by atoms with Crippen LogP contribution in [0.2, 0.25) is 0 Å². The van der Waals surface area contributed by atoms with Gasteiger partial charge in [-0.3, -0.25) is 14.5 Å². The fourth-order valence-electron chi connectivity index (χ4n) is 4.20. The van der Waals surface area contributed by atoms with Crippen LogP contribution in [0.25, 0.3) is 11.0 Å². The van der Waals surface area contributed by atoms with Crippen molar-refractivity contribution >= 4 is 44.3 Å². The summed E-state index contributed by atoms with van der Waals surface area (Å²) in [6, 6.07) is 19.6. The number of anilines is 1. The van der Waals surface area contributed by atoms with Gasteiger partial charge in [0, 0.05) is 9.86 Å². The Morgan fingerprint density at radius 3 is 2.48 bits per heavy atom. The van der Waals surface area contributed by atoms with E-state index in [1.807, 2.05) is 25.1 Å². The number of furan rings is 1. The molecular formula is C26H18BrNO5. The van der Waals surface area contributed by atoms with Gasteiger partial charge in [-0.25, -0.2) is 0 Å². The molecule has 4 aromatic rings. The molecule has 0 fully saturated rings. The number of benzene rings is 3. The third kappa shape index (κ3) is 3.41. The number of aliphatic hydroxyl groups excluding tert-OH is 1. The summed E-state index contributed by atoms with van der Waals surface area (Å²) in [7, 11) is 0. The van der Waals surface area contributed by atoms with E-state index in [4.69, 9.17) is 4.42 Å². The Kier molecular flexibility index (Phi) is 5.06. The van der Waals surface area contributed by atoms with Crippen molar-refractivity contribution in [2.75, 3.05) is 4.90 Å². The molecule has 0 aliphatic carbocycles. The lowest BCUT2D eigenvalue weighted by Gasteiger charge is -2.28. The first kappa shape index (κ1) is 21.0. The predicted molar refractivity (Wildman–Crippen MR) is 127 cm³/mol. The molecule has 0 bridgehead atoms. The van der Waals surface area contributed by atoms with Gasteiger partial charge in [0.1, 0.15) is 11.3 Å². The molecule has 0 spiro atoms. The van der Waals surface area contributed by atoms with Crippen molar-refractivity contribution in [3.8, 4) is 5.75 Å². The summed E-state index contributed by atoms with van der Waals surface area (Å²) < 4.78 is 6.60. The zero-order chi connectivity index (χ0) is 23.3. The minimum atomic E-state index is -0.945. The maximum absolute atomic E-state index is 13.6. The average molecular weight is 504 g/mol. The zero-order valence-corrected chi connectivity index (χ0v) is 19.0. The van der Waals surface area contributed by atoms with Gasteiger partial charge in [-0.05, 0) is 54.4 Å². The van der Waals surface area contributed by atoms with Gasteiger partial charge in [-0.15, -0.1) is 0 Å². The molecule has 0 saturated carbocycles. The number of aryl methyl sites for hydroxylation is 1. The molecule has 1 aliphatic rings. The minimum absolute atomic E-state index is 0.00941. The summed E-state index contributed by atoms with van der Waals surface area (Å²) in [6.45, 7) is 1.86. The van der Waals surface area contributed by atoms with E-state index >= 15 is 0 Å². The van der Waals surface area contributed by atoms with Crippen LogP contribution in [0.5, 0.6) is 5.75 Å². The van der Waals surface area contributed by atoms with Gasteiger partial charge in [-0.2, -0.15) is 0 Å². The summed E-state index contributed by atoms with van der Waals surface area (Å²) >= 11 is 3.40. The first-order chi connectivity index (χ1) is 15.9. The largest absolute Gasteiger partial charge is 0.506 e. The number of ketones is 1. The van der Waals surface area contributed by atoms with Gasteiger partial charge in [0.2, 0.25) is 5.78 Å². The number of carbonyl (C=O) groups is 2. The number of hydrogen-bond acceptors (Lipinski definition) is 5. The van der Waals surface area contributed by atoms with Crippen LogP contribution < -0.4 is 4.90 Å². The summed E-state index contributed by atoms with van der Waals surface area (Å²) in [4.78, 5) is 28.1. The van der Waals surface area contributed by atoms with Crippen molar-refractivity contribution in [3.05, 3.63) is 105 Å². The normalized spacial score (nSPS) is 16.1. The Balaban J connectivity index is 1.70. The van der Waals surface area contributed by atoms with Crippen LogP contribution in [0.15, 0.2) is 93.0 Å². The zero-order valence-electron chi connectivity index (χ0n) is 17.4. The Hall–Kier alpha value is -3.84. The highest BCUT2D eigenvalue weighted by Crippen LogP contribution is 2.45. The lowest BCUT2D eigenvalue weighted by atomic mass is 9.92. The number of aliphatic hydroxyl groups is 1. The van der Waals surface area contributed by atoms with Gasteiger partial charge in [0.15, 0.2) is 11.5 Å². The van der Waals surface area contributed by atoms with E-state index in [-0.39, 0.29) is 22.8 Å². The van der Waals surface area contributed by atoms with Crippen LogP contribution >= 0.6 is 15.9 Å². The number of Topliss-reactive ketones (excluding diaryl/α,β-unsaturated/α-hetero) is 1. The van der Waals surface area contributed by atoms with Crippen LogP contribution in [0, 0.1) is 6.92 Å². The fraction of sp³-hybridized carbons (Fsp3) is 0.0769. The molecule has 33 heavy (non-hydrogen) atoms. The van der Waals surface area contributed by atoms with Gasteiger partial charge in [0.05, 0.1) is 17.3 Å². The summed E-state index contributed by atoms with van der Waals surface area (Å²) in [5.41, 5.74) is 2.08. The second-order valence-electron chi connectivity index (χ2n) is 7.81. The molecule has 1 unspecified atom stereocenters. The molecule has 2 heterocycles. The van der Waals surface area contributed by atoms with Gasteiger partial charge < -0.3 is 14.6 Å². The minimum Gasteiger partial charge on any atom is -0.506 e. The maximum Gasteiger partial charge on any atom is 0.294 e. The number of nitrogens with zero attached hydrogens (tertiary/aromatic N) is 1. The highest BCUT2D eigenvalue weighted by molar-refractivity contribution is 9.10.